The Labute approximate surface area is 277 Å². The van der Waals surface area contributed by atoms with Crippen LogP contribution >= 0.6 is 0 Å². The standard InChI is InChI=1S/C44H36O3/c1-4-31-11-15-33(16-12-31)29-45-38-23-25-40-42(27-38)47-43-28-39(46-30-34-17-13-32(5-2)14-18-34)24-26-41(43)44(40,3)37-21-19-36(20-22-37)35-9-7-6-8-10-35/h4-28H,1-2,29-30H2,3H3. The summed E-state index contributed by atoms with van der Waals surface area (Å²) >= 11 is 0. The molecule has 6 aromatic carbocycles. The highest BCUT2D eigenvalue weighted by atomic mass is 16.5. The average Bonchev–Trinajstić information content (AvgIpc) is 3.14. The summed E-state index contributed by atoms with van der Waals surface area (Å²) in [6.45, 7) is 10.9. The summed E-state index contributed by atoms with van der Waals surface area (Å²) < 4.78 is 19.1. The lowest BCUT2D eigenvalue weighted by Crippen LogP contribution is -2.29. The van der Waals surface area contributed by atoms with Gasteiger partial charge in [-0.15, -0.1) is 0 Å². The number of ether oxygens (including phenoxy) is 3. The van der Waals surface area contributed by atoms with Crippen molar-refractivity contribution in [2.75, 3.05) is 0 Å². The number of hydrogen-bond acceptors (Lipinski definition) is 3. The van der Waals surface area contributed by atoms with Crippen molar-refractivity contribution >= 4 is 12.2 Å². The van der Waals surface area contributed by atoms with Crippen LogP contribution in [-0.4, -0.2) is 0 Å². The van der Waals surface area contributed by atoms with E-state index in [4.69, 9.17) is 14.2 Å². The van der Waals surface area contributed by atoms with Gasteiger partial charge in [0.15, 0.2) is 0 Å². The Balaban J connectivity index is 1.22. The predicted octanol–water partition coefficient (Wildman–Crippen LogP) is 11.3. The second-order valence-electron chi connectivity index (χ2n) is 12.0. The highest BCUT2D eigenvalue weighted by molar-refractivity contribution is 5.68. The Hall–Kier alpha value is -5.80. The van der Waals surface area contributed by atoms with Crippen LogP contribution in [0.2, 0.25) is 0 Å². The van der Waals surface area contributed by atoms with E-state index in [1.165, 1.54) is 16.7 Å². The maximum absolute atomic E-state index is 6.65. The van der Waals surface area contributed by atoms with Crippen LogP contribution in [0.3, 0.4) is 0 Å². The minimum atomic E-state index is -0.476. The van der Waals surface area contributed by atoms with E-state index in [1.807, 2.05) is 66.7 Å². The van der Waals surface area contributed by atoms with Crippen molar-refractivity contribution in [2.24, 2.45) is 0 Å². The second kappa shape index (κ2) is 12.9. The van der Waals surface area contributed by atoms with Crippen LogP contribution in [0.4, 0.5) is 0 Å². The lowest BCUT2D eigenvalue weighted by Gasteiger charge is -2.38. The average molecular weight is 613 g/mol. The molecule has 6 aromatic rings. The minimum Gasteiger partial charge on any atom is -0.489 e. The first kappa shape index (κ1) is 29.9. The molecule has 0 bridgehead atoms. The summed E-state index contributed by atoms with van der Waals surface area (Å²) in [5.74, 6) is 3.03. The minimum absolute atomic E-state index is 0.455. The first-order chi connectivity index (χ1) is 23.0. The molecule has 0 spiro atoms. The van der Waals surface area contributed by atoms with E-state index in [0.717, 1.165) is 56.4 Å². The quantitative estimate of drug-likeness (QED) is 0.154. The van der Waals surface area contributed by atoms with Crippen molar-refractivity contribution in [2.45, 2.75) is 25.6 Å². The van der Waals surface area contributed by atoms with Gasteiger partial charge in [-0.1, -0.05) is 141 Å². The maximum atomic E-state index is 6.65. The molecule has 230 valence electrons. The molecule has 0 saturated heterocycles. The summed E-state index contributed by atoms with van der Waals surface area (Å²) in [5.41, 5.74) is 9.57. The molecule has 0 amide bonds. The van der Waals surface area contributed by atoms with Crippen molar-refractivity contribution in [3.05, 3.63) is 192 Å². The SMILES string of the molecule is C=Cc1ccc(COc2ccc3c(c2)Oc2cc(OCc4ccc(C=C)cc4)ccc2C3(C)c2ccc(-c3ccccc3)cc2)cc1. The van der Waals surface area contributed by atoms with Gasteiger partial charge in [-0.25, -0.2) is 0 Å². The van der Waals surface area contributed by atoms with Gasteiger partial charge in [-0.2, -0.15) is 0 Å². The highest BCUT2D eigenvalue weighted by Crippen LogP contribution is 2.53. The van der Waals surface area contributed by atoms with Crippen LogP contribution < -0.4 is 14.2 Å². The first-order valence-corrected chi connectivity index (χ1v) is 15.8. The zero-order valence-corrected chi connectivity index (χ0v) is 26.5. The summed E-state index contributed by atoms with van der Waals surface area (Å²) in [5, 5.41) is 0. The molecule has 0 radical (unpaired) electrons. The number of hydrogen-bond donors (Lipinski definition) is 0. The summed E-state index contributed by atoms with van der Waals surface area (Å²) in [4.78, 5) is 0. The lowest BCUT2D eigenvalue weighted by molar-refractivity contribution is 0.301. The van der Waals surface area contributed by atoms with Gasteiger partial charge < -0.3 is 14.2 Å². The van der Waals surface area contributed by atoms with E-state index < -0.39 is 5.41 Å². The lowest BCUT2D eigenvalue weighted by atomic mass is 9.69. The molecule has 7 rings (SSSR count). The van der Waals surface area contributed by atoms with Gasteiger partial charge in [0.1, 0.15) is 36.2 Å². The van der Waals surface area contributed by atoms with E-state index in [2.05, 4.69) is 105 Å². The molecule has 3 heteroatoms. The zero-order valence-electron chi connectivity index (χ0n) is 26.5. The summed E-state index contributed by atoms with van der Waals surface area (Å²) in [7, 11) is 0. The van der Waals surface area contributed by atoms with E-state index in [9.17, 15) is 0 Å². The molecule has 0 atom stereocenters. The molecular weight excluding hydrogens is 576 g/mol. The molecule has 3 nitrogen and oxygen atoms in total. The smallest absolute Gasteiger partial charge is 0.135 e. The molecule has 47 heavy (non-hydrogen) atoms. The number of rotatable bonds is 10. The van der Waals surface area contributed by atoms with Gasteiger partial charge in [0.25, 0.3) is 0 Å². The molecule has 0 fully saturated rings. The van der Waals surface area contributed by atoms with E-state index >= 15 is 0 Å². The van der Waals surface area contributed by atoms with Gasteiger partial charge in [0, 0.05) is 28.7 Å². The third-order valence-electron chi connectivity index (χ3n) is 9.01. The van der Waals surface area contributed by atoms with E-state index in [1.54, 1.807) is 0 Å². The van der Waals surface area contributed by atoms with E-state index in [-0.39, 0.29) is 0 Å². The number of fused-ring (bicyclic) bond motifs is 2. The van der Waals surface area contributed by atoms with Gasteiger partial charge in [0.05, 0.1) is 0 Å². The van der Waals surface area contributed by atoms with Crippen LogP contribution in [0.1, 0.15) is 45.9 Å². The summed E-state index contributed by atoms with van der Waals surface area (Å²) in [6.07, 6.45) is 3.68. The Bertz CT molecular complexity index is 1920. The molecule has 0 aliphatic carbocycles. The maximum Gasteiger partial charge on any atom is 0.135 e. The Morgan fingerprint density at radius 2 is 1.02 bits per heavy atom. The van der Waals surface area contributed by atoms with Crippen molar-refractivity contribution in [1.82, 2.24) is 0 Å². The van der Waals surface area contributed by atoms with Gasteiger partial charge in [-0.05, 0) is 58.0 Å². The topological polar surface area (TPSA) is 27.7 Å². The van der Waals surface area contributed by atoms with Crippen LogP contribution in [0, 0.1) is 0 Å². The number of benzene rings is 6. The molecule has 1 heterocycles. The van der Waals surface area contributed by atoms with Crippen molar-refractivity contribution in [3.8, 4) is 34.1 Å². The third kappa shape index (κ3) is 6.08. The predicted molar refractivity (Wildman–Crippen MR) is 192 cm³/mol. The van der Waals surface area contributed by atoms with Crippen LogP contribution in [0.15, 0.2) is 153 Å². The molecule has 0 unspecified atom stereocenters. The monoisotopic (exact) mass is 612 g/mol. The summed E-state index contributed by atoms with van der Waals surface area (Å²) in [6, 6.07) is 48.1. The largest absolute Gasteiger partial charge is 0.489 e. The van der Waals surface area contributed by atoms with Gasteiger partial charge >= 0.3 is 0 Å². The molecule has 1 aliphatic heterocycles. The van der Waals surface area contributed by atoms with Gasteiger partial charge in [0.2, 0.25) is 0 Å². The van der Waals surface area contributed by atoms with Crippen LogP contribution in [0.25, 0.3) is 23.3 Å². The molecular formula is C44H36O3. The fourth-order valence-corrected chi connectivity index (χ4v) is 6.21. The Morgan fingerprint density at radius 3 is 1.49 bits per heavy atom. The first-order valence-electron chi connectivity index (χ1n) is 15.8. The van der Waals surface area contributed by atoms with Gasteiger partial charge in [-0.3, -0.25) is 0 Å². The normalized spacial score (nSPS) is 12.6. The Morgan fingerprint density at radius 1 is 0.553 bits per heavy atom. The third-order valence-corrected chi connectivity index (χ3v) is 9.01. The molecule has 0 saturated carbocycles. The molecule has 0 aromatic heterocycles. The van der Waals surface area contributed by atoms with Crippen molar-refractivity contribution in [1.29, 1.82) is 0 Å². The van der Waals surface area contributed by atoms with E-state index in [0.29, 0.717) is 13.2 Å². The van der Waals surface area contributed by atoms with Crippen molar-refractivity contribution in [3.63, 3.8) is 0 Å². The molecule has 0 N–H and O–H groups in total. The molecule has 1 aliphatic rings. The Kier molecular flexibility index (Phi) is 8.20. The van der Waals surface area contributed by atoms with Crippen LogP contribution in [0.5, 0.6) is 23.0 Å². The fraction of sp³-hybridized carbons (Fsp3) is 0.0909. The fourth-order valence-electron chi connectivity index (χ4n) is 6.21. The van der Waals surface area contributed by atoms with Crippen molar-refractivity contribution < 1.29 is 14.2 Å². The zero-order chi connectivity index (χ0) is 32.2. The highest BCUT2D eigenvalue weighted by Gasteiger charge is 2.40. The second-order valence-corrected chi connectivity index (χ2v) is 12.0. The van der Waals surface area contributed by atoms with Crippen LogP contribution in [-0.2, 0) is 18.6 Å².